The maximum atomic E-state index is 13.9. The second-order valence-electron chi connectivity index (χ2n) is 6.00. The summed E-state index contributed by atoms with van der Waals surface area (Å²) in [5, 5.41) is 2.73. The molecule has 0 aromatic heterocycles. The van der Waals surface area contributed by atoms with Crippen LogP contribution in [-0.4, -0.2) is 16.8 Å². The number of halogens is 6. The van der Waals surface area contributed by atoms with Gasteiger partial charge in [0, 0.05) is 10.6 Å². The first-order chi connectivity index (χ1) is 12.6. The van der Waals surface area contributed by atoms with Crippen molar-refractivity contribution in [3.05, 3.63) is 69.5 Å². The Balaban J connectivity index is 1.99. The van der Waals surface area contributed by atoms with Crippen LogP contribution in [0, 0.1) is 29.1 Å². The summed E-state index contributed by atoms with van der Waals surface area (Å²) in [6, 6.07) is 4.81. The smallest absolute Gasteiger partial charge is 0.319 e. The molecule has 1 heterocycles. The molecule has 1 N–H and O–H groups in total. The van der Waals surface area contributed by atoms with E-state index in [0.29, 0.717) is 15.5 Å². The highest BCUT2D eigenvalue weighted by Gasteiger charge is 2.49. The second-order valence-corrected chi connectivity index (χ2v) is 6.44. The van der Waals surface area contributed by atoms with Crippen LogP contribution < -0.4 is 5.32 Å². The predicted octanol–water partition coefficient (Wildman–Crippen LogP) is 4.00. The van der Waals surface area contributed by atoms with E-state index in [1.807, 2.05) is 0 Å². The quantitative estimate of drug-likeness (QED) is 0.364. The summed E-state index contributed by atoms with van der Waals surface area (Å²) in [6.45, 7) is 0.217. The lowest BCUT2D eigenvalue weighted by Gasteiger charge is -2.22. The first-order valence-electron chi connectivity index (χ1n) is 7.48. The number of imide groups is 1. The lowest BCUT2D eigenvalue weighted by atomic mass is 9.92. The van der Waals surface area contributed by atoms with Crippen molar-refractivity contribution in [3.63, 3.8) is 0 Å². The minimum absolute atomic E-state index is 0.324. The van der Waals surface area contributed by atoms with Gasteiger partial charge in [0.2, 0.25) is 5.82 Å². The molecular weight excluding hydrogens is 395 g/mol. The minimum Gasteiger partial charge on any atom is -0.319 e. The Labute approximate surface area is 154 Å². The number of hydrogen-bond donors (Lipinski definition) is 1. The number of benzene rings is 2. The fourth-order valence-corrected chi connectivity index (χ4v) is 2.89. The molecule has 142 valence electrons. The van der Waals surface area contributed by atoms with Crippen molar-refractivity contribution < 1.29 is 31.5 Å². The summed E-state index contributed by atoms with van der Waals surface area (Å²) < 4.78 is 67.6. The third-order valence-corrected chi connectivity index (χ3v) is 4.57. The lowest BCUT2D eigenvalue weighted by molar-refractivity contribution is -0.131. The van der Waals surface area contributed by atoms with Gasteiger partial charge in [-0.15, -0.1) is 0 Å². The normalized spacial score (nSPS) is 19.6. The molecule has 1 aliphatic rings. The van der Waals surface area contributed by atoms with Crippen LogP contribution in [0.25, 0.3) is 0 Å². The standard InChI is InChI=1S/C17H10ClF5N2O2/c1-17(7-2-4-8(18)5-3-7)15(26)25(16(27)24-17)6-9-10(19)12(21)14(23)13(22)11(9)20/h2-5H,6H2,1H3,(H,24,27)/t17-/m0/s1. The zero-order valence-electron chi connectivity index (χ0n) is 13.5. The Bertz CT molecular complexity index is 938. The summed E-state index contributed by atoms with van der Waals surface area (Å²) in [5.41, 5.74) is -2.55. The first kappa shape index (κ1) is 19.1. The summed E-state index contributed by atoms with van der Waals surface area (Å²) >= 11 is 5.77. The number of carbonyl (C=O) groups excluding carboxylic acids is 2. The van der Waals surface area contributed by atoms with Gasteiger partial charge in [0.25, 0.3) is 5.91 Å². The molecule has 0 unspecified atom stereocenters. The topological polar surface area (TPSA) is 49.4 Å². The molecule has 3 rings (SSSR count). The number of hydrogen-bond acceptors (Lipinski definition) is 2. The van der Waals surface area contributed by atoms with Gasteiger partial charge in [-0.2, -0.15) is 0 Å². The van der Waals surface area contributed by atoms with Crippen LogP contribution in [0.3, 0.4) is 0 Å². The van der Waals surface area contributed by atoms with Crippen LogP contribution in [0.4, 0.5) is 26.7 Å². The summed E-state index contributed by atoms with van der Waals surface area (Å²) in [5.74, 6) is -11.8. The van der Waals surface area contributed by atoms with Crippen molar-refractivity contribution in [3.8, 4) is 0 Å². The van der Waals surface area contributed by atoms with Crippen molar-refractivity contribution >= 4 is 23.5 Å². The van der Waals surface area contributed by atoms with Crippen LogP contribution >= 0.6 is 11.6 Å². The molecule has 0 aliphatic carbocycles. The van der Waals surface area contributed by atoms with E-state index in [1.165, 1.54) is 31.2 Å². The zero-order valence-corrected chi connectivity index (χ0v) is 14.3. The van der Waals surface area contributed by atoms with Crippen molar-refractivity contribution in [2.75, 3.05) is 0 Å². The molecular formula is C17H10ClF5N2O2. The van der Waals surface area contributed by atoms with Gasteiger partial charge in [0.05, 0.1) is 6.54 Å². The van der Waals surface area contributed by atoms with E-state index in [2.05, 4.69) is 5.32 Å². The van der Waals surface area contributed by atoms with Gasteiger partial charge in [-0.25, -0.2) is 26.7 Å². The fraction of sp³-hybridized carbons (Fsp3) is 0.176. The molecule has 2 aromatic carbocycles. The molecule has 2 aromatic rings. The Kier molecular flexibility index (Phi) is 4.59. The molecule has 3 amide bonds. The van der Waals surface area contributed by atoms with Gasteiger partial charge >= 0.3 is 6.03 Å². The fourth-order valence-electron chi connectivity index (χ4n) is 2.77. The van der Waals surface area contributed by atoms with Crippen LogP contribution in [0.2, 0.25) is 5.02 Å². The van der Waals surface area contributed by atoms with E-state index in [1.54, 1.807) is 0 Å². The largest absolute Gasteiger partial charge is 0.325 e. The van der Waals surface area contributed by atoms with Gasteiger partial charge in [-0.05, 0) is 24.6 Å². The number of carbonyl (C=O) groups is 2. The third-order valence-electron chi connectivity index (χ3n) is 4.31. The Morgan fingerprint density at radius 3 is 1.93 bits per heavy atom. The predicted molar refractivity (Wildman–Crippen MR) is 84.1 cm³/mol. The number of amides is 3. The van der Waals surface area contributed by atoms with E-state index in [0.717, 1.165) is 0 Å². The van der Waals surface area contributed by atoms with Crippen LogP contribution in [0.1, 0.15) is 18.1 Å². The monoisotopic (exact) mass is 404 g/mol. The number of urea groups is 1. The van der Waals surface area contributed by atoms with Crippen molar-refractivity contribution in [1.29, 1.82) is 0 Å². The van der Waals surface area contributed by atoms with E-state index < -0.39 is 58.7 Å². The number of rotatable bonds is 3. The van der Waals surface area contributed by atoms with E-state index in [4.69, 9.17) is 11.6 Å². The third kappa shape index (κ3) is 2.91. The molecule has 0 bridgehead atoms. The molecule has 0 saturated carbocycles. The van der Waals surface area contributed by atoms with E-state index in [9.17, 15) is 31.5 Å². The highest BCUT2D eigenvalue weighted by molar-refractivity contribution is 6.30. The Morgan fingerprint density at radius 2 is 1.41 bits per heavy atom. The molecule has 4 nitrogen and oxygen atoms in total. The van der Waals surface area contributed by atoms with Gasteiger partial charge in [-0.1, -0.05) is 23.7 Å². The average molecular weight is 405 g/mol. The maximum absolute atomic E-state index is 13.9. The summed E-state index contributed by atoms with van der Waals surface area (Å²) in [6.07, 6.45) is 0. The average Bonchev–Trinajstić information content (AvgIpc) is 2.86. The molecule has 0 radical (unpaired) electrons. The van der Waals surface area contributed by atoms with E-state index >= 15 is 0 Å². The van der Waals surface area contributed by atoms with Crippen LogP contribution in [-0.2, 0) is 16.9 Å². The Morgan fingerprint density at radius 1 is 0.926 bits per heavy atom. The van der Waals surface area contributed by atoms with E-state index in [-0.39, 0.29) is 0 Å². The molecule has 0 spiro atoms. The van der Waals surface area contributed by atoms with Crippen molar-refractivity contribution in [2.24, 2.45) is 0 Å². The van der Waals surface area contributed by atoms with Gasteiger partial charge in [0.1, 0.15) is 5.54 Å². The highest BCUT2D eigenvalue weighted by Crippen LogP contribution is 2.32. The van der Waals surface area contributed by atoms with Crippen LogP contribution in [0.15, 0.2) is 24.3 Å². The minimum atomic E-state index is -2.32. The highest BCUT2D eigenvalue weighted by atomic mass is 35.5. The molecule has 10 heteroatoms. The SMILES string of the molecule is C[C@@]1(c2ccc(Cl)cc2)NC(=O)N(Cc2c(F)c(F)c(F)c(F)c2F)C1=O. The number of nitrogens with zero attached hydrogens (tertiary/aromatic N) is 1. The Hall–Kier alpha value is -2.68. The summed E-state index contributed by atoms with van der Waals surface area (Å²) in [4.78, 5) is 25.2. The molecule has 27 heavy (non-hydrogen) atoms. The molecule has 1 saturated heterocycles. The van der Waals surface area contributed by atoms with Gasteiger partial charge < -0.3 is 5.32 Å². The number of nitrogens with one attached hydrogen (secondary N) is 1. The first-order valence-corrected chi connectivity index (χ1v) is 7.86. The summed E-state index contributed by atoms with van der Waals surface area (Å²) in [7, 11) is 0. The molecule has 1 fully saturated rings. The molecule has 1 atom stereocenters. The van der Waals surface area contributed by atoms with Crippen molar-refractivity contribution in [2.45, 2.75) is 19.0 Å². The maximum Gasteiger partial charge on any atom is 0.325 e. The van der Waals surface area contributed by atoms with Crippen LogP contribution in [0.5, 0.6) is 0 Å². The van der Waals surface area contributed by atoms with Gasteiger partial charge in [-0.3, -0.25) is 9.69 Å². The lowest BCUT2D eigenvalue weighted by Crippen LogP contribution is -2.40. The second kappa shape index (κ2) is 6.49. The zero-order chi connectivity index (χ0) is 20.1. The van der Waals surface area contributed by atoms with Crippen molar-refractivity contribution in [1.82, 2.24) is 10.2 Å². The molecule has 1 aliphatic heterocycles. The van der Waals surface area contributed by atoms with Gasteiger partial charge in [0.15, 0.2) is 23.3 Å².